The molecule has 0 unspecified atom stereocenters. The van der Waals surface area contributed by atoms with Crippen molar-refractivity contribution in [1.82, 2.24) is 9.97 Å². The third-order valence-electron chi connectivity index (χ3n) is 1.81. The average molecular weight is 222 g/mol. The van der Waals surface area contributed by atoms with Crippen molar-refractivity contribution in [2.75, 3.05) is 10.6 Å². The molecule has 1 rings (SSSR count). The van der Waals surface area contributed by atoms with Crippen LogP contribution in [0.1, 0.15) is 26.7 Å². The minimum Gasteiger partial charge on any atom is -0.309 e. The first kappa shape index (κ1) is 12.1. The Morgan fingerprint density at radius 3 is 1.88 bits per heavy atom. The van der Waals surface area contributed by atoms with Crippen molar-refractivity contribution >= 4 is 23.5 Å². The van der Waals surface area contributed by atoms with Gasteiger partial charge in [0, 0.05) is 12.8 Å². The van der Waals surface area contributed by atoms with Crippen LogP contribution in [0.4, 0.5) is 11.6 Å². The van der Waals surface area contributed by atoms with Crippen molar-refractivity contribution in [3.8, 4) is 0 Å². The molecule has 2 N–H and O–H groups in total. The van der Waals surface area contributed by atoms with Crippen molar-refractivity contribution < 1.29 is 9.59 Å². The van der Waals surface area contributed by atoms with Gasteiger partial charge in [-0.15, -0.1) is 0 Å². The second-order valence-corrected chi connectivity index (χ2v) is 3.09. The number of rotatable bonds is 4. The Morgan fingerprint density at radius 2 is 1.50 bits per heavy atom. The molecule has 6 nitrogen and oxygen atoms in total. The minimum absolute atomic E-state index is 0.145. The SMILES string of the molecule is CCC(=O)Nc1cncc(NC(=O)CC)n1. The predicted octanol–water partition coefficient (Wildman–Crippen LogP) is 1.17. The maximum absolute atomic E-state index is 11.1. The first-order valence-corrected chi connectivity index (χ1v) is 5.07. The molecule has 0 saturated carbocycles. The van der Waals surface area contributed by atoms with Gasteiger partial charge in [0.15, 0.2) is 11.6 Å². The highest BCUT2D eigenvalue weighted by Gasteiger charge is 2.04. The van der Waals surface area contributed by atoms with Gasteiger partial charge in [-0.1, -0.05) is 13.8 Å². The Balaban J connectivity index is 2.71. The summed E-state index contributed by atoms with van der Waals surface area (Å²) in [4.78, 5) is 30.1. The fraction of sp³-hybridized carbons (Fsp3) is 0.400. The molecule has 2 amide bonds. The monoisotopic (exact) mass is 222 g/mol. The maximum atomic E-state index is 11.1. The quantitative estimate of drug-likeness (QED) is 0.801. The van der Waals surface area contributed by atoms with Crippen LogP contribution in [0.25, 0.3) is 0 Å². The fourth-order valence-electron chi connectivity index (χ4n) is 0.949. The molecule has 0 aromatic carbocycles. The molecule has 1 aromatic rings. The molecule has 0 aliphatic heterocycles. The van der Waals surface area contributed by atoms with Gasteiger partial charge in [-0.25, -0.2) is 4.98 Å². The van der Waals surface area contributed by atoms with Gasteiger partial charge in [0.2, 0.25) is 11.8 Å². The summed E-state index contributed by atoms with van der Waals surface area (Å²) >= 11 is 0. The van der Waals surface area contributed by atoms with E-state index in [-0.39, 0.29) is 11.8 Å². The Kier molecular flexibility index (Phi) is 4.38. The number of aromatic nitrogens is 2. The van der Waals surface area contributed by atoms with Gasteiger partial charge in [0.05, 0.1) is 12.4 Å². The molecule has 0 atom stereocenters. The highest BCUT2D eigenvalue weighted by molar-refractivity contribution is 5.91. The van der Waals surface area contributed by atoms with Crippen LogP contribution in [0.2, 0.25) is 0 Å². The second kappa shape index (κ2) is 5.79. The number of carbonyl (C=O) groups is 2. The van der Waals surface area contributed by atoms with E-state index in [9.17, 15) is 9.59 Å². The van der Waals surface area contributed by atoms with E-state index in [1.165, 1.54) is 12.4 Å². The molecule has 1 heterocycles. The van der Waals surface area contributed by atoms with Gasteiger partial charge < -0.3 is 10.6 Å². The number of carbonyl (C=O) groups excluding carboxylic acids is 2. The number of nitrogens with one attached hydrogen (secondary N) is 2. The van der Waals surface area contributed by atoms with Crippen LogP contribution in [0, 0.1) is 0 Å². The van der Waals surface area contributed by atoms with Crippen LogP contribution >= 0.6 is 0 Å². The molecule has 0 bridgehead atoms. The highest BCUT2D eigenvalue weighted by Crippen LogP contribution is 2.07. The van der Waals surface area contributed by atoms with Gasteiger partial charge in [-0.05, 0) is 0 Å². The largest absolute Gasteiger partial charge is 0.309 e. The molecule has 1 aromatic heterocycles. The molecule has 0 spiro atoms. The molecular weight excluding hydrogens is 208 g/mol. The Labute approximate surface area is 93.5 Å². The topological polar surface area (TPSA) is 84.0 Å². The zero-order valence-corrected chi connectivity index (χ0v) is 9.28. The molecule has 16 heavy (non-hydrogen) atoms. The van der Waals surface area contributed by atoms with Crippen LogP contribution in [-0.4, -0.2) is 21.8 Å². The molecule has 0 aliphatic rings. The normalized spacial score (nSPS) is 9.62. The van der Waals surface area contributed by atoms with E-state index in [2.05, 4.69) is 20.6 Å². The molecule has 86 valence electrons. The van der Waals surface area contributed by atoms with E-state index < -0.39 is 0 Å². The lowest BCUT2D eigenvalue weighted by atomic mass is 10.4. The molecule has 6 heteroatoms. The summed E-state index contributed by atoms with van der Waals surface area (Å²) in [6.07, 6.45) is 3.59. The summed E-state index contributed by atoms with van der Waals surface area (Å²) in [5.74, 6) is 0.378. The third kappa shape index (κ3) is 3.64. The van der Waals surface area contributed by atoms with Crippen LogP contribution < -0.4 is 10.6 Å². The van der Waals surface area contributed by atoms with Gasteiger partial charge in [-0.2, -0.15) is 0 Å². The molecular formula is C10H14N4O2. The van der Waals surface area contributed by atoms with E-state index in [0.29, 0.717) is 24.5 Å². The van der Waals surface area contributed by atoms with E-state index in [1.807, 2.05) is 0 Å². The summed E-state index contributed by atoms with van der Waals surface area (Å²) in [6.45, 7) is 3.48. The van der Waals surface area contributed by atoms with Crippen molar-refractivity contribution in [2.45, 2.75) is 26.7 Å². The fourth-order valence-corrected chi connectivity index (χ4v) is 0.949. The second-order valence-electron chi connectivity index (χ2n) is 3.09. The maximum Gasteiger partial charge on any atom is 0.225 e. The lowest BCUT2D eigenvalue weighted by Crippen LogP contribution is -2.14. The lowest BCUT2D eigenvalue weighted by molar-refractivity contribution is -0.116. The Bertz CT molecular complexity index is 359. The van der Waals surface area contributed by atoms with E-state index in [4.69, 9.17) is 0 Å². The molecule has 0 aliphatic carbocycles. The number of hydrogen-bond acceptors (Lipinski definition) is 4. The zero-order chi connectivity index (χ0) is 12.0. The van der Waals surface area contributed by atoms with E-state index in [1.54, 1.807) is 13.8 Å². The lowest BCUT2D eigenvalue weighted by Gasteiger charge is -2.05. The minimum atomic E-state index is -0.145. The summed E-state index contributed by atoms with van der Waals surface area (Å²) in [7, 11) is 0. The van der Waals surface area contributed by atoms with Crippen LogP contribution in [-0.2, 0) is 9.59 Å². The highest BCUT2D eigenvalue weighted by atomic mass is 16.2. The smallest absolute Gasteiger partial charge is 0.225 e. The van der Waals surface area contributed by atoms with Gasteiger partial charge in [0.1, 0.15) is 0 Å². The Hall–Kier alpha value is -1.98. The molecule has 0 radical (unpaired) electrons. The van der Waals surface area contributed by atoms with Crippen molar-refractivity contribution in [2.24, 2.45) is 0 Å². The summed E-state index contributed by atoms with van der Waals surface area (Å²) < 4.78 is 0. The number of amides is 2. The first-order valence-electron chi connectivity index (χ1n) is 5.07. The summed E-state index contributed by atoms with van der Waals surface area (Å²) in [5.41, 5.74) is 0. The predicted molar refractivity (Wildman–Crippen MR) is 59.9 cm³/mol. The summed E-state index contributed by atoms with van der Waals surface area (Å²) in [5, 5.41) is 5.12. The first-order chi connectivity index (χ1) is 7.65. The van der Waals surface area contributed by atoms with Crippen molar-refractivity contribution in [1.29, 1.82) is 0 Å². The van der Waals surface area contributed by atoms with Crippen LogP contribution in [0.3, 0.4) is 0 Å². The molecule has 0 fully saturated rings. The number of hydrogen-bond donors (Lipinski definition) is 2. The van der Waals surface area contributed by atoms with Gasteiger partial charge in [0.25, 0.3) is 0 Å². The Morgan fingerprint density at radius 1 is 1.06 bits per heavy atom. The summed E-state index contributed by atoms with van der Waals surface area (Å²) in [6, 6.07) is 0. The average Bonchev–Trinajstić information content (AvgIpc) is 2.29. The third-order valence-corrected chi connectivity index (χ3v) is 1.81. The van der Waals surface area contributed by atoms with E-state index in [0.717, 1.165) is 0 Å². The number of nitrogens with zero attached hydrogens (tertiary/aromatic N) is 2. The van der Waals surface area contributed by atoms with Gasteiger partial charge >= 0.3 is 0 Å². The number of anilines is 2. The van der Waals surface area contributed by atoms with Crippen molar-refractivity contribution in [3.05, 3.63) is 12.4 Å². The zero-order valence-electron chi connectivity index (χ0n) is 9.28. The van der Waals surface area contributed by atoms with Crippen molar-refractivity contribution in [3.63, 3.8) is 0 Å². The molecule has 0 saturated heterocycles. The van der Waals surface area contributed by atoms with Crippen LogP contribution in [0.15, 0.2) is 12.4 Å². The van der Waals surface area contributed by atoms with Gasteiger partial charge in [-0.3, -0.25) is 14.6 Å². The van der Waals surface area contributed by atoms with E-state index >= 15 is 0 Å². The van der Waals surface area contributed by atoms with Crippen LogP contribution in [0.5, 0.6) is 0 Å². The standard InChI is InChI=1S/C10H14N4O2/c1-3-9(15)13-7-5-11-6-8(12-7)14-10(16)4-2/h5-6H,3-4H2,1-2H3,(H2,12,13,14,15,16).